The first-order valence-electron chi connectivity index (χ1n) is 4.85. The van der Waals surface area contributed by atoms with Gasteiger partial charge in [0.15, 0.2) is 6.10 Å². The van der Waals surface area contributed by atoms with Gasteiger partial charge < -0.3 is 25.5 Å². The molecule has 0 saturated carbocycles. The monoisotopic (exact) mass is 284 g/mol. The van der Waals surface area contributed by atoms with Crippen LogP contribution in [0.5, 0.6) is 0 Å². The number of carbonyl (C=O) groups is 4. The van der Waals surface area contributed by atoms with Crippen molar-refractivity contribution in [2.24, 2.45) is 0 Å². The van der Waals surface area contributed by atoms with Gasteiger partial charge in [-0.3, -0.25) is 9.59 Å². The fourth-order valence-electron chi connectivity index (χ4n) is 0.175. The number of carboxylic acids is 3. The maximum atomic E-state index is 9.68. The summed E-state index contributed by atoms with van der Waals surface area (Å²) in [5, 5.41) is 38.3. The summed E-state index contributed by atoms with van der Waals surface area (Å²) < 4.78 is 0. The smallest absolute Gasteiger partial charge is 0.371 e. The number of hydrogen-bond donors (Lipinski definition) is 5. The summed E-state index contributed by atoms with van der Waals surface area (Å²) in [6, 6.07) is 0. The molecule has 0 aliphatic carbocycles. The highest BCUT2D eigenvalue weighted by atomic mass is 16.4. The third kappa shape index (κ3) is 49.0. The number of Topliss-reactive ketones (excluding diaryl/α,β-unsaturated/α-hetero) is 1. The molecule has 1 unspecified atom stereocenters. The van der Waals surface area contributed by atoms with Crippen molar-refractivity contribution in [3.05, 3.63) is 0 Å². The van der Waals surface area contributed by atoms with Crippen molar-refractivity contribution in [2.45, 2.75) is 33.3 Å². The van der Waals surface area contributed by atoms with Crippen LogP contribution >= 0.6 is 0 Å². The van der Waals surface area contributed by atoms with Crippen LogP contribution in [0.3, 0.4) is 0 Å². The second-order valence-corrected chi connectivity index (χ2v) is 2.64. The van der Waals surface area contributed by atoms with E-state index in [1.165, 1.54) is 0 Å². The van der Waals surface area contributed by atoms with Crippen LogP contribution in [-0.2, 0) is 19.2 Å². The Kier molecular flexibility index (Phi) is 24.9. The molecule has 0 amide bonds. The Hall–Kier alpha value is -2.00. The van der Waals surface area contributed by atoms with Crippen molar-refractivity contribution < 1.29 is 44.7 Å². The number of ketones is 1. The van der Waals surface area contributed by atoms with Gasteiger partial charge in [0.25, 0.3) is 5.97 Å². The maximum Gasteiger partial charge on any atom is 0.371 e. The molecule has 9 nitrogen and oxygen atoms in total. The molecule has 0 heterocycles. The number of carboxylic acid groups (broad SMARTS) is 3. The predicted molar refractivity (Wildman–Crippen MR) is 63.7 cm³/mol. The lowest BCUT2D eigenvalue weighted by Crippen LogP contribution is -2.17. The molecule has 9 heteroatoms. The first kappa shape index (κ1) is 25.8. The zero-order chi connectivity index (χ0) is 16.6. The lowest BCUT2D eigenvalue weighted by molar-refractivity contribution is -0.148. The Balaban J connectivity index is -0.0000000858. The molecule has 0 aliphatic rings. The predicted octanol–water partition coefficient (Wildman–Crippen LogP) is -0.799. The van der Waals surface area contributed by atoms with Crippen LogP contribution in [0.25, 0.3) is 0 Å². The molecule has 0 aliphatic heterocycles. The average Bonchev–Trinajstić information content (AvgIpc) is 2.30. The minimum atomic E-state index is -1.38. The minimum absolute atomic E-state index is 0.273. The van der Waals surface area contributed by atoms with E-state index in [1.807, 2.05) is 0 Å². The molecule has 0 bridgehead atoms. The highest BCUT2D eigenvalue weighted by molar-refractivity contribution is 6.31. The Labute approximate surface area is 110 Å². The van der Waals surface area contributed by atoms with E-state index in [-0.39, 0.29) is 6.42 Å². The van der Waals surface area contributed by atoms with Gasteiger partial charge in [0.05, 0.1) is 0 Å². The van der Waals surface area contributed by atoms with Gasteiger partial charge in [-0.05, 0) is 6.42 Å². The summed E-state index contributed by atoms with van der Waals surface area (Å²) in [7, 11) is 1.00. The van der Waals surface area contributed by atoms with Crippen molar-refractivity contribution >= 4 is 23.7 Å². The maximum absolute atomic E-state index is 9.68. The van der Waals surface area contributed by atoms with Crippen molar-refractivity contribution in [3.63, 3.8) is 0 Å². The van der Waals surface area contributed by atoms with Crippen LogP contribution in [0.15, 0.2) is 0 Å². The van der Waals surface area contributed by atoms with Gasteiger partial charge in [0, 0.05) is 21.0 Å². The van der Waals surface area contributed by atoms with E-state index < -0.39 is 29.8 Å². The Morgan fingerprint density at radius 3 is 1.16 bits per heavy atom. The largest absolute Gasteiger partial charge is 0.481 e. The van der Waals surface area contributed by atoms with Crippen molar-refractivity contribution in [1.82, 2.24) is 0 Å². The van der Waals surface area contributed by atoms with Gasteiger partial charge in [-0.2, -0.15) is 0 Å². The fraction of sp³-hybridized carbons (Fsp3) is 0.600. The zero-order valence-corrected chi connectivity index (χ0v) is 11.2. The summed E-state index contributed by atoms with van der Waals surface area (Å²) in [6.45, 7) is 3.70. The molecule has 0 aromatic carbocycles. The minimum Gasteiger partial charge on any atom is -0.481 e. The summed E-state index contributed by atoms with van der Waals surface area (Å²) in [4.78, 5) is 37.6. The average molecular weight is 284 g/mol. The van der Waals surface area contributed by atoms with Crippen LogP contribution in [0.1, 0.15) is 27.2 Å². The lowest BCUT2D eigenvalue weighted by Gasteiger charge is -1.95. The molecule has 0 aromatic rings. The number of hydrogen-bond acceptors (Lipinski definition) is 6. The number of carbonyl (C=O) groups excluding carboxylic acids is 1. The van der Waals surface area contributed by atoms with Crippen LogP contribution in [0, 0.1) is 0 Å². The number of aliphatic carboxylic acids is 3. The normalized spacial score (nSPS) is 8.95. The molecule has 0 spiro atoms. The van der Waals surface area contributed by atoms with Crippen molar-refractivity contribution in [1.29, 1.82) is 0 Å². The van der Waals surface area contributed by atoms with Crippen molar-refractivity contribution in [2.75, 3.05) is 7.11 Å². The lowest BCUT2D eigenvalue weighted by atomic mass is 10.3. The van der Waals surface area contributed by atoms with E-state index in [0.29, 0.717) is 0 Å². The molecule has 114 valence electrons. The highest BCUT2D eigenvalue weighted by Crippen LogP contribution is 1.86. The van der Waals surface area contributed by atoms with Crippen LogP contribution in [0.2, 0.25) is 0 Å². The standard InChI is InChI=1S/C4H8O3.C3H4O3.C2H4O2.CH4O/c1-2-3(5)4(6)7;1-2(4)3(5)6;1-2(3)4;1-2/h3,5H,2H2,1H3,(H,6,7);1H3,(H,5,6);1H3,(H,3,4);2H,1H3. The fourth-order valence-corrected chi connectivity index (χ4v) is 0.175. The van der Waals surface area contributed by atoms with E-state index in [1.54, 1.807) is 6.92 Å². The zero-order valence-electron chi connectivity index (χ0n) is 11.2. The van der Waals surface area contributed by atoms with Crippen LogP contribution in [-0.4, -0.2) is 62.4 Å². The third-order valence-electron chi connectivity index (χ3n) is 0.973. The molecule has 1 atom stereocenters. The van der Waals surface area contributed by atoms with Crippen molar-refractivity contribution in [3.8, 4) is 0 Å². The second kappa shape index (κ2) is 18.4. The van der Waals surface area contributed by atoms with Crippen LogP contribution in [0.4, 0.5) is 0 Å². The van der Waals surface area contributed by atoms with E-state index >= 15 is 0 Å². The molecular weight excluding hydrogens is 264 g/mol. The first-order valence-corrected chi connectivity index (χ1v) is 4.85. The SMILES string of the molecule is CC(=O)C(=O)O.CC(=O)O.CCC(O)C(=O)O.CO. The van der Waals surface area contributed by atoms with E-state index in [4.69, 9.17) is 30.3 Å². The van der Waals surface area contributed by atoms with Crippen LogP contribution < -0.4 is 0 Å². The molecule has 5 N–H and O–H groups in total. The Morgan fingerprint density at radius 2 is 1.16 bits per heavy atom. The number of aliphatic hydroxyl groups is 2. The summed E-state index contributed by atoms with van der Waals surface area (Å²) in [5.74, 6) is -4.19. The summed E-state index contributed by atoms with van der Waals surface area (Å²) in [5.41, 5.74) is 0. The van der Waals surface area contributed by atoms with Gasteiger partial charge in [0.1, 0.15) is 0 Å². The first-order chi connectivity index (χ1) is 8.56. The molecule has 0 rings (SSSR count). The molecule has 0 aromatic heterocycles. The number of rotatable bonds is 3. The van der Waals surface area contributed by atoms with Gasteiger partial charge in [-0.1, -0.05) is 6.92 Å². The van der Waals surface area contributed by atoms with E-state index in [0.717, 1.165) is 21.0 Å². The summed E-state index contributed by atoms with van der Waals surface area (Å²) >= 11 is 0. The molecular formula is C10H20O9. The topological polar surface area (TPSA) is 169 Å². The molecule has 0 saturated heterocycles. The molecule has 19 heavy (non-hydrogen) atoms. The van der Waals surface area contributed by atoms with E-state index in [9.17, 15) is 14.4 Å². The quantitative estimate of drug-likeness (QED) is 0.416. The highest BCUT2D eigenvalue weighted by Gasteiger charge is 2.07. The molecule has 0 fully saturated rings. The van der Waals surface area contributed by atoms with E-state index in [2.05, 4.69) is 0 Å². The Bertz CT molecular complexity index is 256. The third-order valence-corrected chi connectivity index (χ3v) is 0.973. The van der Waals surface area contributed by atoms with Gasteiger partial charge in [-0.15, -0.1) is 0 Å². The number of aliphatic hydroxyl groups excluding tert-OH is 2. The second-order valence-electron chi connectivity index (χ2n) is 2.64. The summed E-state index contributed by atoms with van der Waals surface area (Å²) in [6.07, 6.45) is -0.907. The Morgan fingerprint density at radius 1 is 0.947 bits per heavy atom. The van der Waals surface area contributed by atoms with Gasteiger partial charge in [0.2, 0.25) is 5.78 Å². The molecule has 0 radical (unpaired) electrons. The van der Waals surface area contributed by atoms with Gasteiger partial charge in [-0.25, -0.2) is 9.59 Å². The van der Waals surface area contributed by atoms with Gasteiger partial charge >= 0.3 is 11.9 Å².